The summed E-state index contributed by atoms with van der Waals surface area (Å²) >= 11 is 1.71. The van der Waals surface area contributed by atoms with Crippen LogP contribution in [-0.2, 0) is 11.3 Å². The van der Waals surface area contributed by atoms with E-state index in [1.807, 2.05) is 0 Å². The van der Waals surface area contributed by atoms with Gasteiger partial charge in [-0.3, -0.25) is 0 Å². The number of para-hydroxylation sites is 1. The summed E-state index contributed by atoms with van der Waals surface area (Å²) in [5.74, 6) is 0. The summed E-state index contributed by atoms with van der Waals surface area (Å²) in [6.07, 6.45) is 2.68. The topological polar surface area (TPSA) is 26.5 Å². The quantitative estimate of drug-likeness (QED) is 0.845. The standard InChI is InChI=1S/C17H22N2OS/c1-12-6-4-7-13(2)16(12)18-17-19(14(3)11-21-17)10-15-8-5-9-20-15/h4,6-7,11,15H,5,8-10H2,1-3H3. The van der Waals surface area contributed by atoms with Crippen molar-refractivity contribution in [3.63, 3.8) is 0 Å². The van der Waals surface area contributed by atoms with Crippen molar-refractivity contribution >= 4 is 17.0 Å². The average molecular weight is 302 g/mol. The predicted molar refractivity (Wildman–Crippen MR) is 87.2 cm³/mol. The van der Waals surface area contributed by atoms with E-state index in [2.05, 4.69) is 48.9 Å². The second-order valence-corrected chi connectivity index (χ2v) is 6.59. The summed E-state index contributed by atoms with van der Waals surface area (Å²) in [4.78, 5) is 6.00. The normalized spacial score (nSPS) is 19.4. The van der Waals surface area contributed by atoms with Crippen molar-refractivity contribution in [3.8, 4) is 0 Å². The van der Waals surface area contributed by atoms with E-state index in [1.54, 1.807) is 11.3 Å². The number of hydrogen-bond acceptors (Lipinski definition) is 3. The van der Waals surface area contributed by atoms with Gasteiger partial charge in [0.25, 0.3) is 0 Å². The van der Waals surface area contributed by atoms with E-state index < -0.39 is 0 Å². The van der Waals surface area contributed by atoms with Crippen molar-refractivity contribution < 1.29 is 4.74 Å². The molecule has 1 aliphatic heterocycles. The monoisotopic (exact) mass is 302 g/mol. The summed E-state index contributed by atoms with van der Waals surface area (Å²) < 4.78 is 8.07. The van der Waals surface area contributed by atoms with Crippen LogP contribution in [0.1, 0.15) is 29.7 Å². The van der Waals surface area contributed by atoms with Gasteiger partial charge in [-0.25, -0.2) is 4.99 Å². The molecular formula is C17H22N2OS. The maximum Gasteiger partial charge on any atom is 0.190 e. The molecule has 1 saturated heterocycles. The van der Waals surface area contributed by atoms with Gasteiger partial charge in [0.1, 0.15) is 0 Å². The number of aryl methyl sites for hydroxylation is 3. The van der Waals surface area contributed by atoms with Gasteiger partial charge in [-0.2, -0.15) is 0 Å². The van der Waals surface area contributed by atoms with Crippen LogP contribution in [0.3, 0.4) is 0 Å². The first kappa shape index (κ1) is 14.5. The maximum absolute atomic E-state index is 5.78. The molecule has 1 aromatic heterocycles. The fourth-order valence-electron chi connectivity index (χ4n) is 2.79. The van der Waals surface area contributed by atoms with Crippen LogP contribution in [0, 0.1) is 20.8 Å². The number of thiazole rings is 1. The van der Waals surface area contributed by atoms with Gasteiger partial charge < -0.3 is 9.30 Å². The first-order valence-corrected chi connectivity index (χ1v) is 8.40. The van der Waals surface area contributed by atoms with Crippen LogP contribution in [0.15, 0.2) is 28.6 Å². The van der Waals surface area contributed by atoms with E-state index in [0.29, 0.717) is 6.10 Å². The molecule has 3 nitrogen and oxygen atoms in total. The van der Waals surface area contributed by atoms with Crippen LogP contribution in [0.2, 0.25) is 0 Å². The molecule has 0 saturated carbocycles. The fraction of sp³-hybridized carbons (Fsp3) is 0.471. The maximum atomic E-state index is 5.78. The molecule has 2 aromatic rings. The summed E-state index contributed by atoms with van der Waals surface area (Å²) in [5.41, 5.74) is 4.82. The number of rotatable bonds is 3. The minimum atomic E-state index is 0.343. The van der Waals surface area contributed by atoms with Gasteiger partial charge in [0.05, 0.1) is 18.3 Å². The molecule has 1 fully saturated rings. The Hall–Kier alpha value is -1.39. The lowest BCUT2D eigenvalue weighted by Gasteiger charge is -2.12. The molecule has 0 spiro atoms. The van der Waals surface area contributed by atoms with Gasteiger partial charge in [-0.1, -0.05) is 18.2 Å². The molecular weight excluding hydrogens is 280 g/mol. The number of hydrogen-bond donors (Lipinski definition) is 0. The van der Waals surface area contributed by atoms with Crippen LogP contribution in [0.5, 0.6) is 0 Å². The van der Waals surface area contributed by atoms with Crippen molar-refractivity contribution in [2.45, 2.75) is 46.3 Å². The Kier molecular flexibility index (Phi) is 4.27. The lowest BCUT2D eigenvalue weighted by Crippen LogP contribution is -2.24. The summed E-state index contributed by atoms with van der Waals surface area (Å²) in [6.45, 7) is 8.21. The Morgan fingerprint density at radius 2 is 2.05 bits per heavy atom. The molecule has 1 atom stereocenters. The summed E-state index contributed by atoms with van der Waals surface area (Å²) in [7, 11) is 0. The van der Waals surface area contributed by atoms with Crippen LogP contribution in [0.25, 0.3) is 0 Å². The first-order valence-electron chi connectivity index (χ1n) is 7.52. The fourth-order valence-corrected chi connectivity index (χ4v) is 3.69. The second kappa shape index (κ2) is 6.16. The first-order chi connectivity index (χ1) is 10.1. The van der Waals surface area contributed by atoms with Crippen molar-refractivity contribution in [1.29, 1.82) is 0 Å². The van der Waals surface area contributed by atoms with E-state index >= 15 is 0 Å². The van der Waals surface area contributed by atoms with Crippen LogP contribution < -0.4 is 4.80 Å². The molecule has 0 radical (unpaired) electrons. The lowest BCUT2D eigenvalue weighted by atomic mass is 10.1. The molecule has 0 aliphatic carbocycles. The Morgan fingerprint density at radius 3 is 2.71 bits per heavy atom. The third-order valence-corrected chi connectivity index (χ3v) is 5.03. The Labute approximate surface area is 129 Å². The molecule has 1 aliphatic rings. The third-order valence-electron chi connectivity index (χ3n) is 4.05. The van der Waals surface area contributed by atoms with Crippen molar-refractivity contribution in [2.75, 3.05) is 6.61 Å². The van der Waals surface area contributed by atoms with Crippen molar-refractivity contribution in [2.24, 2.45) is 4.99 Å². The highest BCUT2D eigenvalue weighted by atomic mass is 32.1. The lowest BCUT2D eigenvalue weighted by molar-refractivity contribution is 0.0959. The third kappa shape index (κ3) is 3.11. The van der Waals surface area contributed by atoms with Crippen molar-refractivity contribution in [3.05, 3.63) is 45.2 Å². The number of ether oxygens (including phenoxy) is 1. The SMILES string of the molecule is Cc1cccc(C)c1N=c1scc(C)n1CC1CCCO1. The zero-order valence-corrected chi connectivity index (χ0v) is 13.7. The van der Waals surface area contributed by atoms with E-state index in [0.717, 1.165) is 30.1 Å². The minimum Gasteiger partial charge on any atom is -0.376 e. The molecule has 0 N–H and O–H groups in total. The van der Waals surface area contributed by atoms with Crippen LogP contribution >= 0.6 is 11.3 Å². The van der Waals surface area contributed by atoms with Gasteiger partial charge in [0.15, 0.2) is 4.80 Å². The Bertz CT molecular complexity index is 673. The number of nitrogens with zero attached hydrogens (tertiary/aromatic N) is 2. The van der Waals surface area contributed by atoms with E-state index in [-0.39, 0.29) is 0 Å². The van der Waals surface area contributed by atoms with Gasteiger partial charge in [0, 0.05) is 17.7 Å². The highest BCUT2D eigenvalue weighted by Gasteiger charge is 2.17. The number of benzene rings is 1. The zero-order chi connectivity index (χ0) is 14.8. The van der Waals surface area contributed by atoms with Gasteiger partial charge in [0.2, 0.25) is 0 Å². The van der Waals surface area contributed by atoms with Crippen LogP contribution in [-0.4, -0.2) is 17.3 Å². The molecule has 3 rings (SSSR count). The molecule has 1 unspecified atom stereocenters. The van der Waals surface area contributed by atoms with E-state index in [1.165, 1.54) is 23.2 Å². The molecule has 0 amide bonds. The molecule has 2 heterocycles. The minimum absolute atomic E-state index is 0.343. The van der Waals surface area contributed by atoms with E-state index in [4.69, 9.17) is 9.73 Å². The summed E-state index contributed by atoms with van der Waals surface area (Å²) in [6, 6.07) is 6.33. The Balaban J connectivity index is 2.00. The zero-order valence-electron chi connectivity index (χ0n) is 12.9. The highest BCUT2D eigenvalue weighted by Crippen LogP contribution is 2.23. The van der Waals surface area contributed by atoms with Gasteiger partial charge in [-0.15, -0.1) is 11.3 Å². The average Bonchev–Trinajstić information content (AvgIpc) is 3.07. The molecule has 112 valence electrons. The molecule has 21 heavy (non-hydrogen) atoms. The highest BCUT2D eigenvalue weighted by molar-refractivity contribution is 7.07. The second-order valence-electron chi connectivity index (χ2n) is 5.76. The van der Waals surface area contributed by atoms with Gasteiger partial charge >= 0.3 is 0 Å². The van der Waals surface area contributed by atoms with Crippen LogP contribution in [0.4, 0.5) is 5.69 Å². The van der Waals surface area contributed by atoms with E-state index in [9.17, 15) is 0 Å². The van der Waals surface area contributed by atoms with Crippen molar-refractivity contribution in [1.82, 2.24) is 4.57 Å². The largest absolute Gasteiger partial charge is 0.376 e. The Morgan fingerprint density at radius 1 is 1.29 bits per heavy atom. The predicted octanol–water partition coefficient (Wildman–Crippen LogP) is 3.89. The summed E-state index contributed by atoms with van der Waals surface area (Å²) in [5, 5.41) is 2.18. The number of aromatic nitrogens is 1. The molecule has 0 bridgehead atoms. The molecule has 1 aromatic carbocycles. The smallest absolute Gasteiger partial charge is 0.190 e. The molecule has 4 heteroatoms. The van der Waals surface area contributed by atoms with Gasteiger partial charge in [-0.05, 0) is 44.7 Å².